The molecule has 3 rings (SSSR count). The Labute approximate surface area is 119 Å². The number of carbonyl (C=O) groups excluding carboxylic acids is 1. The van der Waals surface area contributed by atoms with Gasteiger partial charge in [-0.3, -0.25) is 14.9 Å². The molecule has 1 aromatic carbocycles. The lowest BCUT2D eigenvalue weighted by Gasteiger charge is -2.42. The molecule has 112 valence electrons. The first-order chi connectivity index (χ1) is 9.80. The number of alkyl halides is 2. The molecule has 1 spiro atoms. The number of nitro benzene ring substituents is 1. The van der Waals surface area contributed by atoms with Crippen molar-refractivity contribution in [1.29, 1.82) is 0 Å². The van der Waals surface area contributed by atoms with Crippen molar-refractivity contribution >= 4 is 11.5 Å². The van der Waals surface area contributed by atoms with E-state index in [9.17, 15) is 23.7 Å². The van der Waals surface area contributed by atoms with E-state index in [1.807, 2.05) is 0 Å². The van der Waals surface area contributed by atoms with Gasteiger partial charge in [-0.25, -0.2) is 8.78 Å². The van der Waals surface area contributed by atoms with Crippen molar-refractivity contribution < 1.29 is 23.2 Å². The fourth-order valence-corrected chi connectivity index (χ4v) is 2.95. The molecule has 0 aromatic heterocycles. The fourth-order valence-electron chi connectivity index (χ4n) is 2.95. The summed E-state index contributed by atoms with van der Waals surface area (Å²) in [7, 11) is 0. The van der Waals surface area contributed by atoms with Crippen molar-refractivity contribution in [3.05, 3.63) is 33.9 Å². The van der Waals surface area contributed by atoms with Crippen LogP contribution in [0.15, 0.2) is 18.2 Å². The van der Waals surface area contributed by atoms with Gasteiger partial charge >= 0.3 is 0 Å². The quantitative estimate of drug-likeness (QED) is 0.587. The highest BCUT2D eigenvalue weighted by Gasteiger charge is 2.48. The highest BCUT2D eigenvalue weighted by Crippen LogP contribution is 2.46. The molecule has 0 amide bonds. The van der Waals surface area contributed by atoms with Gasteiger partial charge in [0.15, 0.2) is 5.78 Å². The molecule has 0 radical (unpaired) electrons. The second-order valence-electron chi connectivity index (χ2n) is 5.68. The van der Waals surface area contributed by atoms with E-state index in [0.29, 0.717) is 0 Å². The van der Waals surface area contributed by atoms with E-state index in [1.165, 1.54) is 18.2 Å². The first-order valence-corrected chi connectivity index (χ1v) is 6.69. The Bertz CT molecular complexity index is 619. The standard InChI is InChI=1S/C14H13F2NO4/c15-14(16)5-3-13(4-6-14)8-11(18)10-7-9(17(19)20)1-2-12(10)21-13/h1-2,7H,3-6,8H2. The second kappa shape index (κ2) is 4.47. The molecule has 5 nitrogen and oxygen atoms in total. The van der Waals surface area contributed by atoms with Gasteiger partial charge in [0, 0.05) is 25.0 Å². The van der Waals surface area contributed by atoms with Gasteiger partial charge in [0.05, 0.1) is 16.9 Å². The van der Waals surface area contributed by atoms with Crippen LogP contribution in [0.25, 0.3) is 0 Å². The Morgan fingerprint density at radius 3 is 2.48 bits per heavy atom. The smallest absolute Gasteiger partial charge is 0.270 e. The van der Waals surface area contributed by atoms with Gasteiger partial charge in [-0.1, -0.05) is 0 Å². The molecule has 0 bridgehead atoms. The van der Waals surface area contributed by atoms with Crippen molar-refractivity contribution in [3.63, 3.8) is 0 Å². The third-order valence-electron chi connectivity index (χ3n) is 4.18. The zero-order chi connectivity index (χ0) is 15.3. The van der Waals surface area contributed by atoms with Crippen LogP contribution in [-0.4, -0.2) is 22.2 Å². The SMILES string of the molecule is O=C1CC2(CCC(F)(F)CC2)Oc2ccc([N+](=O)[O-])cc21. The number of halogens is 2. The molecule has 21 heavy (non-hydrogen) atoms. The molecule has 7 heteroatoms. The van der Waals surface area contributed by atoms with E-state index in [2.05, 4.69) is 0 Å². The number of carbonyl (C=O) groups is 1. The van der Waals surface area contributed by atoms with Crippen LogP contribution >= 0.6 is 0 Å². The molecule has 0 N–H and O–H groups in total. The predicted molar refractivity (Wildman–Crippen MR) is 68.8 cm³/mol. The summed E-state index contributed by atoms with van der Waals surface area (Å²) in [5.74, 6) is -2.74. The second-order valence-corrected chi connectivity index (χ2v) is 5.68. The lowest BCUT2D eigenvalue weighted by atomic mass is 9.77. The lowest BCUT2D eigenvalue weighted by Crippen LogP contribution is -2.47. The number of nitro groups is 1. The monoisotopic (exact) mass is 297 g/mol. The number of rotatable bonds is 1. The Morgan fingerprint density at radius 1 is 1.19 bits per heavy atom. The lowest BCUT2D eigenvalue weighted by molar-refractivity contribution is -0.384. The van der Waals surface area contributed by atoms with Gasteiger partial charge < -0.3 is 4.74 Å². The number of benzene rings is 1. The molecule has 1 fully saturated rings. The minimum absolute atomic E-state index is 0.00273. The number of hydrogen-bond acceptors (Lipinski definition) is 4. The average Bonchev–Trinajstić information content (AvgIpc) is 2.42. The van der Waals surface area contributed by atoms with Gasteiger partial charge in [0.1, 0.15) is 11.4 Å². The minimum atomic E-state index is -2.70. The Kier molecular flexibility index (Phi) is 2.96. The number of hydrogen-bond donors (Lipinski definition) is 0. The molecule has 1 aliphatic heterocycles. The highest BCUT2D eigenvalue weighted by atomic mass is 19.3. The first kappa shape index (κ1) is 13.9. The Balaban J connectivity index is 1.90. The van der Waals surface area contributed by atoms with E-state index in [-0.39, 0.29) is 54.9 Å². The van der Waals surface area contributed by atoms with Crippen LogP contribution in [0.4, 0.5) is 14.5 Å². The van der Waals surface area contributed by atoms with E-state index >= 15 is 0 Å². The molecule has 0 saturated heterocycles. The molecule has 1 saturated carbocycles. The summed E-state index contributed by atoms with van der Waals surface area (Å²) in [6.45, 7) is 0. The number of fused-ring (bicyclic) bond motifs is 1. The molecule has 1 aromatic rings. The molecular formula is C14H13F2NO4. The minimum Gasteiger partial charge on any atom is -0.486 e. The zero-order valence-corrected chi connectivity index (χ0v) is 11.1. The largest absolute Gasteiger partial charge is 0.486 e. The van der Waals surface area contributed by atoms with Crippen LogP contribution in [0.2, 0.25) is 0 Å². The van der Waals surface area contributed by atoms with Crippen molar-refractivity contribution in [2.75, 3.05) is 0 Å². The molecule has 1 heterocycles. The Morgan fingerprint density at radius 2 is 1.86 bits per heavy atom. The summed E-state index contributed by atoms with van der Waals surface area (Å²) in [6.07, 6.45) is -0.382. The van der Waals surface area contributed by atoms with Crippen LogP contribution in [0.3, 0.4) is 0 Å². The third kappa shape index (κ3) is 2.48. The summed E-state index contributed by atoms with van der Waals surface area (Å²) < 4.78 is 32.3. The van der Waals surface area contributed by atoms with Crippen molar-refractivity contribution in [1.82, 2.24) is 0 Å². The molecular weight excluding hydrogens is 284 g/mol. The average molecular weight is 297 g/mol. The summed E-state index contributed by atoms with van der Waals surface area (Å²) in [6, 6.07) is 3.81. The molecule has 1 aliphatic carbocycles. The van der Waals surface area contributed by atoms with Gasteiger partial charge in [-0.05, 0) is 18.9 Å². The van der Waals surface area contributed by atoms with E-state index in [1.54, 1.807) is 0 Å². The van der Waals surface area contributed by atoms with Crippen LogP contribution in [-0.2, 0) is 0 Å². The van der Waals surface area contributed by atoms with E-state index in [0.717, 1.165) is 0 Å². The maximum absolute atomic E-state index is 13.3. The van der Waals surface area contributed by atoms with Crippen molar-refractivity contribution in [3.8, 4) is 5.75 Å². The number of non-ortho nitro benzene ring substituents is 1. The highest BCUT2D eigenvalue weighted by molar-refractivity contribution is 6.01. The van der Waals surface area contributed by atoms with Gasteiger partial charge in [-0.2, -0.15) is 0 Å². The maximum Gasteiger partial charge on any atom is 0.270 e. The molecule has 0 unspecified atom stereocenters. The summed E-state index contributed by atoms with van der Waals surface area (Å²) in [4.78, 5) is 22.4. The van der Waals surface area contributed by atoms with Crippen LogP contribution in [0.5, 0.6) is 5.75 Å². The molecule has 2 aliphatic rings. The number of Topliss-reactive ketones (excluding diaryl/α,β-unsaturated/α-hetero) is 1. The van der Waals surface area contributed by atoms with Crippen molar-refractivity contribution in [2.24, 2.45) is 0 Å². The van der Waals surface area contributed by atoms with Crippen LogP contribution < -0.4 is 4.74 Å². The molecule has 0 atom stereocenters. The van der Waals surface area contributed by atoms with Crippen LogP contribution in [0, 0.1) is 10.1 Å². The third-order valence-corrected chi connectivity index (χ3v) is 4.18. The van der Waals surface area contributed by atoms with Crippen LogP contribution in [0.1, 0.15) is 42.5 Å². The first-order valence-electron chi connectivity index (χ1n) is 6.69. The number of ether oxygens (including phenoxy) is 1. The van der Waals surface area contributed by atoms with E-state index in [4.69, 9.17) is 4.74 Å². The predicted octanol–water partition coefficient (Wildman–Crippen LogP) is 3.51. The normalized spacial score (nSPS) is 22.5. The van der Waals surface area contributed by atoms with Crippen molar-refractivity contribution in [2.45, 2.75) is 43.6 Å². The fraction of sp³-hybridized carbons (Fsp3) is 0.500. The summed E-state index contributed by atoms with van der Waals surface area (Å²) in [5.41, 5.74) is -0.911. The Hall–Kier alpha value is -2.05. The summed E-state index contributed by atoms with van der Waals surface area (Å²) in [5, 5.41) is 10.7. The zero-order valence-electron chi connectivity index (χ0n) is 11.1. The topological polar surface area (TPSA) is 69.4 Å². The van der Waals surface area contributed by atoms with Gasteiger partial charge in [0.2, 0.25) is 5.92 Å². The number of ketones is 1. The number of nitrogens with zero attached hydrogens (tertiary/aromatic N) is 1. The summed E-state index contributed by atoms with van der Waals surface area (Å²) >= 11 is 0. The van der Waals surface area contributed by atoms with Gasteiger partial charge in [0.25, 0.3) is 5.69 Å². The maximum atomic E-state index is 13.3. The van der Waals surface area contributed by atoms with Gasteiger partial charge in [-0.15, -0.1) is 0 Å². The van der Waals surface area contributed by atoms with E-state index < -0.39 is 16.4 Å².